The van der Waals surface area contributed by atoms with Crippen LogP contribution in [0.15, 0.2) is 66.0 Å². The average molecular weight is 471 g/mol. The maximum atomic E-state index is 15.0. The molecule has 4 rings (SSSR count). The maximum Gasteiger partial charge on any atom is 0.248 e. The molecule has 2 aromatic carbocycles. The molecular weight excluding hydrogens is 447 g/mol. The monoisotopic (exact) mass is 470 g/mol. The van der Waals surface area contributed by atoms with E-state index in [2.05, 4.69) is 5.32 Å². The summed E-state index contributed by atoms with van der Waals surface area (Å²) in [6, 6.07) is 15.5. The van der Waals surface area contributed by atoms with Crippen molar-refractivity contribution >= 4 is 40.4 Å². The van der Waals surface area contributed by atoms with Gasteiger partial charge in [-0.3, -0.25) is 14.5 Å². The molecule has 0 unspecified atom stereocenters. The van der Waals surface area contributed by atoms with Crippen molar-refractivity contribution in [3.63, 3.8) is 0 Å². The lowest BCUT2D eigenvalue weighted by Crippen LogP contribution is -2.47. The maximum absolute atomic E-state index is 15.0. The number of carbonyl (C=O) groups is 2. The number of thiophene rings is 1. The van der Waals surface area contributed by atoms with Crippen LogP contribution >= 0.6 is 22.9 Å². The fourth-order valence-electron chi connectivity index (χ4n) is 4.16. The highest BCUT2D eigenvalue weighted by molar-refractivity contribution is 7.10. The molecule has 3 aromatic rings. The Bertz CT molecular complexity index is 1080. The number of benzene rings is 2. The second-order valence-electron chi connectivity index (χ2n) is 7.89. The summed E-state index contributed by atoms with van der Waals surface area (Å²) in [6.07, 6.45) is 3.93. The van der Waals surface area contributed by atoms with Gasteiger partial charge in [-0.1, -0.05) is 60.8 Å². The molecule has 1 fully saturated rings. The number of amides is 2. The van der Waals surface area contributed by atoms with Gasteiger partial charge in [0.05, 0.1) is 17.1 Å². The van der Waals surface area contributed by atoms with Crippen LogP contribution in [0.2, 0.25) is 5.02 Å². The molecular formula is C25H24ClFN2O2S. The van der Waals surface area contributed by atoms with Crippen molar-refractivity contribution in [1.82, 2.24) is 5.32 Å². The van der Waals surface area contributed by atoms with Crippen molar-refractivity contribution in [3.05, 3.63) is 87.3 Å². The summed E-state index contributed by atoms with van der Waals surface area (Å²) in [7, 11) is 0. The first-order chi connectivity index (χ1) is 15.5. The predicted octanol–water partition coefficient (Wildman–Crippen LogP) is 5.92. The number of hydrogen-bond acceptors (Lipinski definition) is 3. The molecule has 1 aliphatic rings. The van der Waals surface area contributed by atoms with Crippen LogP contribution in [0.3, 0.4) is 0 Å². The third kappa shape index (κ3) is 5.03. The van der Waals surface area contributed by atoms with Crippen LogP contribution in [0.1, 0.15) is 42.2 Å². The number of nitrogens with zero attached hydrogens (tertiary/aromatic N) is 1. The molecule has 32 heavy (non-hydrogen) atoms. The second kappa shape index (κ2) is 10.3. The van der Waals surface area contributed by atoms with E-state index in [0.29, 0.717) is 10.7 Å². The second-order valence-corrected chi connectivity index (χ2v) is 9.32. The SMILES string of the molecule is O=C(NC1CCCC1)[C@@H](c1ccccc1F)N(C(=O)Cc1cccs1)c1ccccc1Cl. The zero-order chi connectivity index (χ0) is 22.5. The molecule has 0 radical (unpaired) electrons. The lowest BCUT2D eigenvalue weighted by atomic mass is 10.0. The van der Waals surface area contributed by atoms with E-state index in [9.17, 15) is 14.0 Å². The van der Waals surface area contributed by atoms with Gasteiger partial charge in [-0.05, 0) is 42.5 Å². The van der Waals surface area contributed by atoms with Crippen LogP contribution in [-0.2, 0) is 16.0 Å². The van der Waals surface area contributed by atoms with Gasteiger partial charge in [-0.2, -0.15) is 0 Å². The summed E-state index contributed by atoms with van der Waals surface area (Å²) >= 11 is 7.93. The minimum atomic E-state index is -1.18. The van der Waals surface area contributed by atoms with Crippen molar-refractivity contribution in [2.75, 3.05) is 4.90 Å². The summed E-state index contributed by atoms with van der Waals surface area (Å²) in [4.78, 5) is 29.4. The lowest BCUT2D eigenvalue weighted by molar-refractivity contribution is -0.127. The van der Waals surface area contributed by atoms with E-state index in [-0.39, 0.29) is 23.9 Å². The van der Waals surface area contributed by atoms with Crippen LogP contribution < -0.4 is 10.2 Å². The molecule has 1 saturated carbocycles. The van der Waals surface area contributed by atoms with Gasteiger partial charge in [0.15, 0.2) is 0 Å². The zero-order valence-electron chi connectivity index (χ0n) is 17.5. The highest BCUT2D eigenvalue weighted by Gasteiger charge is 2.36. The fraction of sp³-hybridized carbons (Fsp3) is 0.280. The number of rotatable bonds is 7. The van der Waals surface area contributed by atoms with Crippen LogP contribution in [0.5, 0.6) is 0 Å². The quantitative estimate of drug-likeness (QED) is 0.466. The van der Waals surface area contributed by atoms with Crippen molar-refractivity contribution in [3.8, 4) is 0 Å². The Balaban J connectivity index is 1.79. The molecule has 166 valence electrons. The lowest BCUT2D eigenvalue weighted by Gasteiger charge is -2.33. The molecule has 1 aromatic heterocycles. The normalized spacial score (nSPS) is 14.8. The standard InChI is InChI=1S/C25H24ClFN2O2S/c26-20-12-4-6-14-22(20)29(23(30)16-18-10-7-15-32-18)24(19-11-3-5-13-21(19)27)25(31)28-17-8-1-2-9-17/h3-7,10-15,17,24H,1-2,8-9,16H2,(H,28,31)/t24-/m1/s1. The fourth-order valence-corrected chi connectivity index (χ4v) is 5.08. The van der Waals surface area contributed by atoms with Crippen molar-refractivity contribution in [2.24, 2.45) is 0 Å². The molecule has 0 saturated heterocycles. The van der Waals surface area contributed by atoms with Crippen LogP contribution in [0.4, 0.5) is 10.1 Å². The molecule has 1 N–H and O–H groups in total. The summed E-state index contributed by atoms with van der Waals surface area (Å²) in [6.45, 7) is 0. The summed E-state index contributed by atoms with van der Waals surface area (Å²) in [5.41, 5.74) is 0.521. The van der Waals surface area contributed by atoms with Crippen LogP contribution in [0, 0.1) is 5.82 Å². The number of hydrogen-bond donors (Lipinski definition) is 1. The van der Waals surface area contributed by atoms with Gasteiger partial charge in [0, 0.05) is 16.5 Å². The largest absolute Gasteiger partial charge is 0.351 e. The van der Waals surface area contributed by atoms with Gasteiger partial charge in [0.2, 0.25) is 11.8 Å². The minimum absolute atomic E-state index is 0.0252. The van der Waals surface area contributed by atoms with Crippen molar-refractivity contribution < 1.29 is 14.0 Å². The topological polar surface area (TPSA) is 49.4 Å². The highest BCUT2D eigenvalue weighted by atomic mass is 35.5. The molecule has 1 aliphatic carbocycles. The Kier molecular flexibility index (Phi) is 7.22. The number of halogens is 2. The number of anilines is 1. The summed E-state index contributed by atoms with van der Waals surface area (Å²) in [5, 5.41) is 5.26. The molecule has 4 nitrogen and oxygen atoms in total. The van der Waals surface area contributed by atoms with Crippen LogP contribution in [-0.4, -0.2) is 17.9 Å². The van der Waals surface area contributed by atoms with E-state index in [1.807, 2.05) is 17.5 Å². The van der Waals surface area contributed by atoms with Gasteiger partial charge < -0.3 is 5.32 Å². The highest BCUT2D eigenvalue weighted by Crippen LogP contribution is 2.35. The molecule has 7 heteroatoms. The van der Waals surface area contributed by atoms with E-state index < -0.39 is 17.8 Å². The Hall–Kier alpha value is -2.70. The smallest absolute Gasteiger partial charge is 0.248 e. The minimum Gasteiger partial charge on any atom is -0.351 e. The van der Waals surface area contributed by atoms with Crippen molar-refractivity contribution in [1.29, 1.82) is 0 Å². The molecule has 0 spiro atoms. The zero-order valence-corrected chi connectivity index (χ0v) is 19.0. The third-order valence-electron chi connectivity index (χ3n) is 5.69. The van der Waals surface area contributed by atoms with Gasteiger partial charge in [0.1, 0.15) is 11.9 Å². The Morgan fingerprint density at radius 2 is 1.78 bits per heavy atom. The van der Waals surface area contributed by atoms with E-state index >= 15 is 0 Å². The predicted molar refractivity (Wildman–Crippen MR) is 127 cm³/mol. The molecule has 2 amide bonds. The Morgan fingerprint density at radius 1 is 1.06 bits per heavy atom. The molecule has 1 heterocycles. The molecule has 0 aliphatic heterocycles. The van der Waals surface area contributed by atoms with Gasteiger partial charge >= 0.3 is 0 Å². The van der Waals surface area contributed by atoms with E-state index in [1.54, 1.807) is 42.5 Å². The summed E-state index contributed by atoms with van der Waals surface area (Å²) < 4.78 is 15.0. The number of nitrogens with one attached hydrogen (secondary N) is 1. The first-order valence-corrected chi connectivity index (χ1v) is 11.9. The molecule has 1 atom stereocenters. The Labute approximate surface area is 196 Å². The third-order valence-corrected chi connectivity index (χ3v) is 6.89. The van der Waals surface area contributed by atoms with Gasteiger partial charge in [0.25, 0.3) is 0 Å². The van der Waals surface area contributed by atoms with Gasteiger partial charge in [-0.15, -0.1) is 11.3 Å². The first-order valence-electron chi connectivity index (χ1n) is 10.7. The van der Waals surface area contributed by atoms with E-state index in [4.69, 9.17) is 11.6 Å². The van der Waals surface area contributed by atoms with E-state index in [1.165, 1.54) is 22.3 Å². The van der Waals surface area contributed by atoms with Crippen LogP contribution in [0.25, 0.3) is 0 Å². The first kappa shape index (κ1) is 22.5. The average Bonchev–Trinajstić information content (AvgIpc) is 3.48. The van der Waals surface area contributed by atoms with Gasteiger partial charge in [-0.25, -0.2) is 4.39 Å². The Morgan fingerprint density at radius 3 is 2.47 bits per heavy atom. The number of carbonyl (C=O) groups excluding carboxylic acids is 2. The number of para-hydroxylation sites is 1. The molecule has 0 bridgehead atoms. The summed E-state index contributed by atoms with van der Waals surface area (Å²) in [5.74, 6) is -1.27. The van der Waals surface area contributed by atoms with Crippen molar-refractivity contribution in [2.45, 2.75) is 44.2 Å². The van der Waals surface area contributed by atoms with E-state index in [0.717, 1.165) is 30.6 Å².